The van der Waals surface area contributed by atoms with Crippen LogP contribution in [0.4, 0.5) is 0 Å². The minimum atomic E-state index is -4.36. The van der Waals surface area contributed by atoms with E-state index in [0.29, 0.717) is 19.3 Å². The fraction of sp³-hybridized carbons (Fsp3) is 0.806. The normalized spacial score (nSPS) is 44.6. The van der Waals surface area contributed by atoms with E-state index in [2.05, 4.69) is 4.89 Å². The zero-order valence-corrected chi connectivity index (χ0v) is 31.7. The fourth-order valence-electron chi connectivity index (χ4n) is 7.46. The summed E-state index contributed by atoms with van der Waals surface area (Å²) in [7, 11) is 0. The lowest BCUT2D eigenvalue weighted by atomic mass is 9.81. The maximum Gasteiger partial charge on any atom is 0.397 e. The maximum atomic E-state index is 12.2. The summed E-state index contributed by atoms with van der Waals surface area (Å²) in [4.78, 5) is 80.3. The van der Waals surface area contributed by atoms with E-state index in [1.165, 1.54) is 0 Å². The van der Waals surface area contributed by atoms with Crippen molar-refractivity contribution in [3.05, 3.63) is 0 Å². The van der Waals surface area contributed by atoms with Crippen LogP contribution >= 0.6 is 0 Å². The van der Waals surface area contributed by atoms with Gasteiger partial charge in [0.2, 0.25) is 0 Å². The van der Waals surface area contributed by atoms with Gasteiger partial charge in [-0.3, -0.25) is 44.1 Å². The van der Waals surface area contributed by atoms with Gasteiger partial charge in [-0.25, -0.2) is 0 Å². The quantitative estimate of drug-likeness (QED) is 0.0150. The van der Waals surface area contributed by atoms with Gasteiger partial charge >= 0.3 is 35.5 Å². The SMILES string of the molecule is CC[C@@H](N)[C@@H]1CC[C@@H](N)[C@@H](O[C@H]2[C@H](O[C@@H]3O[C@H](CO)[C@@H](O[C@@]4(OC=O)O[C@](CN)(OC=O)[C@@](OC=O)(OOC=O)[C@](O)(OC=O)[C@@]4(N)OC=O)[C@H]3O)[C@@H](O)[C@H](N)C[C@@H]2N)O1. The average molecular weight is 875 g/mol. The standard InChI is InChI=1S/C31H50N6O23/c1-2-14(33)18-4-3-15(34)25(54-18)56-22-17(36)5-16(35)20(45)24(22)57-26-21(46)23(19(6-38)55-26)58-31(52-12-43)28(37,49-9-40)29(47,50-10-41)30(51-11-42,60-53-13-44)27(7-32,59-31)48-8-39/h8-26,38,45-47H,2-7,32-37H2,1H3/t14-,15-,16-,17+,18+,19-,20+,21-,22-,23-,24-,25-,26+,27+,28-,29-,30-,31-/m1/s1. The third kappa shape index (κ3) is 8.25. The molecule has 0 aromatic carbocycles. The Labute approximate surface area is 338 Å². The van der Waals surface area contributed by atoms with Crippen molar-refractivity contribution in [3.8, 4) is 0 Å². The molecule has 29 nitrogen and oxygen atoms in total. The predicted octanol–water partition coefficient (Wildman–Crippen LogP) is -8.44. The molecule has 1 saturated carbocycles. The van der Waals surface area contributed by atoms with Gasteiger partial charge in [0.25, 0.3) is 32.4 Å². The van der Waals surface area contributed by atoms with E-state index in [4.69, 9.17) is 91.4 Å². The van der Waals surface area contributed by atoms with E-state index in [9.17, 15) is 49.2 Å². The largest absolute Gasteiger partial charge is 0.429 e. The van der Waals surface area contributed by atoms with E-state index >= 15 is 0 Å². The second-order valence-corrected chi connectivity index (χ2v) is 13.9. The summed E-state index contributed by atoms with van der Waals surface area (Å²) in [6.45, 7) is -4.31. The highest BCUT2D eigenvalue weighted by Crippen LogP contribution is 2.57. The molecule has 60 heavy (non-hydrogen) atoms. The third-order valence-electron chi connectivity index (χ3n) is 10.6. The van der Waals surface area contributed by atoms with Gasteiger partial charge in [-0.2, -0.15) is 0 Å². The Hall–Kier alpha value is -3.86. The number of ether oxygens (including phenoxy) is 11. The summed E-state index contributed by atoms with van der Waals surface area (Å²) in [5.74, 6) is -16.0. The molecule has 3 heterocycles. The molecule has 0 radical (unpaired) electrons. The van der Waals surface area contributed by atoms with Crippen molar-refractivity contribution in [2.45, 2.75) is 141 Å². The Balaban J connectivity index is 1.81. The van der Waals surface area contributed by atoms with E-state index in [-0.39, 0.29) is 12.5 Å². The first-order valence-corrected chi connectivity index (χ1v) is 18.1. The highest BCUT2D eigenvalue weighted by atomic mass is 17.2. The van der Waals surface area contributed by atoms with Gasteiger partial charge in [-0.1, -0.05) is 6.92 Å². The molecular formula is C31H50N6O23. The molecule has 1 aliphatic carbocycles. The molecule has 0 bridgehead atoms. The molecule has 16 N–H and O–H groups in total. The van der Waals surface area contributed by atoms with Crippen LogP contribution in [0.15, 0.2) is 0 Å². The fourth-order valence-corrected chi connectivity index (χ4v) is 7.46. The van der Waals surface area contributed by atoms with Crippen LogP contribution in [-0.4, -0.2) is 181 Å². The van der Waals surface area contributed by atoms with Gasteiger partial charge in [0.15, 0.2) is 12.6 Å². The topological polar surface area (TPSA) is 459 Å². The minimum absolute atomic E-state index is 0.0166. The third-order valence-corrected chi connectivity index (χ3v) is 10.6. The molecule has 0 aromatic rings. The molecular weight excluding hydrogens is 824 g/mol. The van der Waals surface area contributed by atoms with Crippen LogP contribution in [0.5, 0.6) is 0 Å². The molecule has 18 atom stereocenters. The molecule has 3 aliphatic heterocycles. The summed E-state index contributed by atoms with van der Waals surface area (Å²) in [5.41, 5.74) is 33.2. The summed E-state index contributed by atoms with van der Waals surface area (Å²) < 4.78 is 59.5. The van der Waals surface area contributed by atoms with Crippen molar-refractivity contribution in [2.75, 3.05) is 13.2 Å². The van der Waals surface area contributed by atoms with E-state index in [0.717, 1.165) is 0 Å². The average Bonchev–Trinajstić information content (AvgIpc) is 3.51. The van der Waals surface area contributed by atoms with Gasteiger partial charge in [0.05, 0.1) is 31.4 Å². The monoisotopic (exact) mass is 874 g/mol. The van der Waals surface area contributed by atoms with Crippen molar-refractivity contribution >= 4 is 38.8 Å². The Morgan fingerprint density at radius 1 is 0.767 bits per heavy atom. The lowest BCUT2D eigenvalue weighted by molar-refractivity contribution is -0.629. The second-order valence-electron chi connectivity index (χ2n) is 13.9. The summed E-state index contributed by atoms with van der Waals surface area (Å²) in [6.07, 6.45) is -13.0. The lowest BCUT2D eigenvalue weighted by Crippen LogP contribution is -2.94. The highest BCUT2D eigenvalue weighted by molar-refractivity contribution is 5.48. The van der Waals surface area contributed by atoms with Crippen molar-refractivity contribution in [2.24, 2.45) is 34.4 Å². The minimum Gasteiger partial charge on any atom is -0.429 e. The van der Waals surface area contributed by atoms with E-state index in [1.54, 1.807) is 0 Å². The predicted molar refractivity (Wildman–Crippen MR) is 181 cm³/mol. The molecule has 342 valence electrons. The van der Waals surface area contributed by atoms with Crippen LogP contribution in [0, 0.1) is 0 Å². The number of hydrogen-bond donors (Lipinski definition) is 10. The van der Waals surface area contributed by atoms with Gasteiger partial charge in [-0.15, -0.1) is 4.89 Å². The van der Waals surface area contributed by atoms with Crippen LogP contribution in [0.1, 0.15) is 32.6 Å². The Morgan fingerprint density at radius 3 is 1.97 bits per heavy atom. The molecule has 4 fully saturated rings. The Kier molecular flexibility index (Phi) is 16.2. The van der Waals surface area contributed by atoms with Crippen molar-refractivity contribution in [3.63, 3.8) is 0 Å². The number of rotatable bonds is 23. The van der Waals surface area contributed by atoms with Gasteiger partial charge in [0.1, 0.15) is 30.5 Å². The van der Waals surface area contributed by atoms with Crippen molar-refractivity contribution < 1.29 is 111 Å². The molecule has 0 aromatic heterocycles. The van der Waals surface area contributed by atoms with Gasteiger partial charge in [0, 0.05) is 18.1 Å². The number of hydrogen-bond acceptors (Lipinski definition) is 29. The van der Waals surface area contributed by atoms with Crippen molar-refractivity contribution in [1.82, 2.24) is 0 Å². The molecule has 3 saturated heterocycles. The number of aliphatic hydroxyl groups excluding tert-OH is 3. The number of carbonyl (C=O) groups excluding carboxylic acids is 6. The van der Waals surface area contributed by atoms with Crippen LogP contribution in [0.2, 0.25) is 0 Å². The summed E-state index contributed by atoms with van der Waals surface area (Å²) >= 11 is 0. The molecule has 0 unspecified atom stereocenters. The molecule has 4 aliphatic rings. The van der Waals surface area contributed by atoms with Crippen LogP contribution in [-0.2, 0) is 90.6 Å². The van der Waals surface area contributed by atoms with Crippen LogP contribution < -0.4 is 34.4 Å². The maximum absolute atomic E-state index is 12.2. The zero-order valence-electron chi connectivity index (χ0n) is 31.7. The van der Waals surface area contributed by atoms with Gasteiger partial charge in [-0.05, 0) is 25.7 Å². The molecule has 4 rings (SSSR count). The number of nitrogens with two attached hydrogens (primary N) is 6. The first kappa shape index (κ1) is 48.8. The first-order chi connectivity index (χ1) is 28.5. The number of carbonyl (C=O) groups is 6. The Bertz CT molecular complexity index is 1500. The lowest BCUT2D eigenvalue weighted by Gasteiger charge is -2.61. The van der Waals surface area contributed by atoms with Crippen LogP contribution in [0.25, 0.3) is 0 Å². The zero-order chi connectivity index (χ0) is 44.7. The highest BCUT2D eigenvalue weighted by Gasteiger charge is 2.93. The van der Waals surface area contributed by atoms with E-state index < -0.39 is 154 Å². The van der Waals surface area contributed by atoms with Gasteiger partial charge < -0.3 is 96.5 Å². The molecule has 29 heteroatoms. The molecule has 0 amide bonds. The smallest absolute Gasteiger partial charge is 0.397 e. The summed E-state index contributed by atoms with van der Waals surface area (Å²) in [5, 5.41) is 45.6. The molecule has 0 spiro atoms. The Morgan fingerprint density at radius 2 is 1.40 bits per heavy atom. The number of aliphatic hydroxyl groups is 4. The van der Waals surface area contributed by atoms with E-state index in [1.807, 2.05) is 6.92 Å². The second kappa shape index (κ2) is 19.9. The summed E-state index contributed by atoms with van der Waals surface area (Å²) in [6, 6.07) is -3.09. The van der Waals surface area contributed by atoms with Crippen LogP contribution in [0.3, 0.4) is 0 Å². The first-order valence-electron chi connectivity index (χ1n) is 18.1. The van der Waals surface area contributed by atoms with Crippen molar-refractivity contribution in [1.29, 1.82) is 0 Å².